The summed E-state index contributed by atoms with van der Waals surface area (Å²) in [6.07, 6.45) is 0.405. The van der Waals surface area contributed by atoms with Crippen LogP contribution in [0.1, 0.15) is 24.5 Å². The molecule has 2 amide bonds. The molecule has 3 atom stereocenters. The minimum Gasteiger partial charge on any atom is -0.497 e. The lowest BCUT2D eigenvalue weighted by atomic mass is 9.94. The number of rotatable bonds is 12. The zero-order chi connectivity index (χ0) is 23.8. The third kappa shape index (κ3) is 6.87. The number of ketones is 1. The van der Waals surface area contributed by atoms with Crippen LogP contribution in [0.25, 0.3) is 0 Å². The maximum atomic E-state index is 13.3. The van der Waals surface area contributed by atoms with Crippen molar-refractivity contribution in [2.75, 3.05) is 20.3 Å². The number of hydrogen-bond donors (Lipinski definition) is 3. The lowest BCUT2D eigenvalue weighted by molar-refractivity contribution is -0.133. The maximum absolute atomic E-state index is 13.3. The fourth-order valence-corrected chi connectivity index (χ4v) is 3.53. The van der Waals surface area contributed by atoms with Gasteiger partial charge in [0, 0.05) is 12.8 Å². The Bertz CT molecular complexity index is 957. The number of carbonyl (C=O) groups excluding carboxylic acids is 3. The Labute approximate surface area is 193 Å². The largest absolute Gasteiger partial charge is 0.497 e. The molecule has 1 heterocycles. The van der Waals surface area contributed by atoms with Crippen LogP contribution >= 0.6 is 0 Å². The van der Waals surface area contributed by atoms with Crippen LogP contribution in [0.4, 0.5) is 0 Å². The summed E-state index contributed by atoms with van der Waals surface area (Å²) < 4.78 is 10.5. The molecular formula is C25H30N2O6. The standard InChI is InChI=1S/C25H30N2O6/c1-25(16-33-25)23(30)20(14-17-6-4-3-5-7-17)27-24(31)21(26-22(29)12-13-28)15-18-8-10-19(32-2)11-9-18/h3-11,20-21,28H,12-16H2,1-2H3,(H,26,29)(H,27,31)/t20-,21-,25+/m0/s1. The molecule has 3 rings (SSSR count). The van der Waals surface area contributed by atoms with Gasteiger partial charge in [-0.1, -0.05) is 42.5 Å². The molecule has 8 nitrogen and oxygen atoms in total. The van der Waals surface area contributed by atoms with Crippen molar-refractivity contribution in [3.8, 4) is 5.75 Å². The maximum Gasteiger partial charge on any atom is 0.243 e. The minimum absolute atomic E-state index is 0.120. The Morgan fingerprint density at radius 2 is 1.61 bits per heavy atom. The quantitative estimate of drug-likeness (QED) is 0.415. The first kappa shape index (κ1) is 24.4. The number of methoxy groups -OCH3 is 1. The van der Waals surface area contributed by atoms with Gasteiger partial charge in [-0.05, 0) is 36.6 Å². The SMILES string of the molecule is COc1ccc(C[C@H](NC(=O)CCO)C(=O)N[C@@H](Cc2ccccc2)C(=O)[C@@]2(C)CO2)cc1. The molecule has 0 bridgehead atoms. The molecule has 1 saturated heterocycles. The molecule has 33 heavy (non-hydrogen) atoms. The van der Waals surface area contributed by atoms with Gasteiger partial charge in [0.1, 0.15) is 17.4 Å². The first-order valence-electron chi connectivity index (χ1n) is 10.9. The number of ether oxygens (including phenoxy) is 2. The first-order chi connectivity index (χ1) is 15.8. The predicted molar refractivity (Wildman–Crippen MR) is 122 cm³/mol. The molecule has 3 N–H and O–H groups in total. The normalized spacial score (nSPS) is 18.6. The number of nitrogens with one attached hydrogen (secondary N) is 2. The monoisotopic (exact) mass is 454 g/mol. The molecule has 2 aromatic rings. The Kier molecular flexibility index (Phi) is 8.19. The number of epoxide rings is 1. The van der Waals surface area contributed by atoms with E-state index in [9.17, 15) is 14.4 Å². The van der Waals surface area contributed by atoms with Gasteiger partial charge < -0.3 is 25.2 Å². The third-order valence-corrected chi connectivity index (χ3v) is 5.60. The summed E-state index contributed by atoms with van der Waals surface area (Å²) in [4.78, 5) is 38.5. The summed E-state index contributed by atoms with van der Waals surface area (Å²) in [6, 6.07) is 14.8. The summed E-state index contributed by atoms with van der Waals surface area (Å²) in [6.45, 7) is 1.69. The Balaban J connectivity index is 1.78. The summed E-state index contributed by atoms with van der Waals surface area (Å²) >= 11 is 0. The number of amides is 2. The predicted octanol–water partition coefficient (Wildman–Crippen LogP) is 1.19. The third-order valence-electron chi connectivity index (χ3n) is 5.60. The van der Waals surface area contributed by atoms with Gasteiger partial charge in [0.25, 0.3) is 0 Å². The van der Waals surface area contributed by atoms with Gasteiger partial charge >= 0.3 is 0 Å². The van der Waals surface area contributed by atoms with Gasteiger partial charge in [-0.15, -0.1) is 0 Å². The highest BCUT2D eigenvalue weighted by Crippen LogP contribution is 2.29. The van der Waals surface area contributed by atoms with E-state index in [1.165, 1.54) is 0 Å². The van der Waals surface area contributed by atoms with E-state index in [1.54, 1.807) is 26.2 Å². The molecule has 2 aromatic carbocycles. The van der Waals surface area contributed by atoms with E-state index in [4.69, 9.17) is 14.6 Å². The highest BCUT2D eigenvalue weighted by atomic mass is 16.6. The smallest absolute Gasteiger partial charge is 0.243 e. The van der Waals surface area contributed by atoms with Gasteiger partial charge in [-0.25, -0.2) is 0 Å². The number of hydrogen-bond acceptors (Lipinski definition) is 6. The number of aliphatic hydroxyl groups excluding tert-OH is 1. The van der Waals surface area contributed by atoms with Crippen molar-refractivity contribution >= 4 is 17.6 Å². The van der Waals surface area contributed by atoms with Crippen LogP contribution in [0.15, 0.2) is 54.6 Å². The molecule has 0 spiro atoms. The lowest BCUT2D eigenvalue weighted by Crippen LogP contribution is -2.54. The number of carbonyl (C=O) groups is 3. The Morgan fingerprint density at radius 1 is 1.00 bits per heavy atom. The molecule has 1 aliphatic rings. The molecule has 8 heteroatoms. The first-order valence-corrected chi connectivity index (χ1v) is 10.9. The molecule has 1 aliphatic heterocycles. The van der Waals surface area contributed by atoms with Crippen LogP contribution in [-0.4, -0.2) is 60.7 Å². The topological polar surface area (TPSA) is 117 Å². The fraction of sp³-hybridized carbons (Fsp3) is 0.400. The summed E-state index contributed by atoms with van der Waals surface area (Å²) in [7, 11) is 1.56. The molecular weight excluding hydrogens is 424 g/mol. The molecule has 0 radical (unpaired) electrons. The second-order valence-corrected chi connectivity index (χ2v) is 8.28. The van der Waals surface area contributed by atoms with E-state index in [-0.39, 0.29) is 25.2 Å². The molecule has 0 aliphatic carbocycles. The zero-order valence-corrected chi connectivity index (χ0v) is 18.9. The van der Waals surface area contributed by atoms with Crippen LogP contribution in [0, 0.1) is 0 Å². The number of aliphatic hydroxyl groups is 1. The highest BCUT2D eigenvalue weighted by molar-refractivity contribution is 5.98. The Hall–Kier alpha value is -3.23. The van der Waals surface area contributed by atoms with Crippen LogP contribution < -0.4 is 15.4 Å². The van der Waals surface area contributed by atoms with Crippen molar-refractivity contribution in [2.45, 2.75) is 43.9 Å². The minimum atomic E-state index is -0.920. The van der Waals surface area contributed by atoms with E-state index in [1.807, 2.05) is 42.5 Å². The molecule has 1 fully saturated rings. The highest BCUT2D eigenvalue weighted by Gasteiger charge is 2.50. The van der Waals surface area contributed by atoms with Crippen molar-refractivity contribution < 1.29 is 29.0 Å². The Morgan fingerprint density at radius 3 is 2.18 bits per heavy atom. The van der Waals surface area contributed by atoms with E-state index < -0.39 is 29.5 Å². The summed E-state index contributed by atoms with van der Waals surface area (Å²) in [5.74, 6) is -0.454. The van der Waals surface area contributed by atoms with Gasteiger partial charge in [0.2, 0.25) is 11.8 Å². The zero-order valence-electron chi connectivity index (χ0n) is 18.9. The van der Waals surface area contributed by atoms with Gasteiger partial charge in [0.15, 0.2) is 5.78 Å². The molecule has 0 aromatic heterocycles. The van der Waals surface area contributed by atoms with Crippen molar-refractivity contribution in [3.63, 3.8) is 0 Å². The molecule has 176 valence electrons. The van der Waals surface area contributed by atoms with Crippen molar-refractivity contribution in [2.24, 2.45) is 0 Å². The fourth-order valence-electron chi connectivity index (χ4n) is 3.53. The summed E-state index contributed by atoms with van der Waals surface area (Å²) in [5.41, 5.74) is 0.804. The van der Waals surface area contributed by atoms with Crippen molar-refractivity contribution in [1.29, 1.82) is 0 Å². The van der Waals surface area contributed by atoms with E-state index in [0.29, 0.717) is 18.8 Å². The number of Topliss-reactive ketones (excluding diaryl/α,β-unsaturated/α-hetero) is 1. The van der Waals surface area contributed by atoms with Gasteiger partial charge in [-0.3, -0.25) is 14.4 Å². The average Bonchev–Trinajstić information content (AvgIpc) is 3.57. The van der Waals surface area contributed by atoms with Crippen LogP contribution in [-0.2, 0) is 32.0 Å². The van der Waals surface area contributed by atoms with Crippen LogP contribution in [0.2, 0.25) is 0 Å². The second kappa shape index (κ2) is 11.1. The van der Waals surface area contributed by atoms with Crippen molar-refractivity contribution in [3.05, 3.63) is 65.7 Å². The lowest BCUT2D eigenvalue weighted by Gasteiger charge is -2.24. The summed E-state index contributed by atoms with van der Waals surface area (Å²) in [5, 5.41) is 14.6. The van der Waals surface area contributed by atoms with Gasteiger partial charge in [-0.2, -0.15) is 0 Å². The number of benzene rings is 2. The van der Waals surface area contributed by atoms with Crippen LogP contribution in [0.5, 0.6) is 5.75 Å². The van der Waals surface area contributed by atoms with E-state index in [2.05, 4.69) is 10.6 Å². The van der Waals surface area contributed by atoms with Gasteiger partial charge in [0.05, 0.1) is 26.4 Å². The van der Waals surface area contributed by atoms with Crippen LogP contribution in [0.3, 0.4) is 0 Å². The van der Waals surface area contributed by atoms with E-state index in [0.717, 1.165) is 11.1 Å². The molecule has 0 unspecified atom stereocenters. The average molecular weight is 455 g/mol. The van der Waals surface area contributed by atoms with E-state index >= 15 is 0 Å². The second-order valence-electron chi connectivity index (χ2n) is 8.28. The molecule has 0 saturated carbocycles. The van der Waals surface area contributed by atoms with Crippen molar-refractivity contribution in [1.82, 2.24) is 10.6 Å².